The van der Waals surface area contributed by atoms with Crippen LogP contribution in [0.5, 0.6) is 0 Å². The number of aliphatic carboxylic acids is 1. The van der Waals surface area contributed by atoms with E-state index in [1.54, 1.807) is 0 Å². The second-order valence-electron chi connectivity index (χ2n) is 5.88. The van der Waals surface area contributed by atoms with Crippen molar-refractivity contribution in [2.75, 3.05) is 0 Å². The van der Waals surface area contributed by atoms with Crippen LogP contribution in [0.4, 0.5) is 0 Å². The third kappa shape index (κ3) is 3.34. The molecule has 100 valence electrons. The number of carboxylic acids is 1. The lowest BCUT2D eigenvalue weighted by Gasteiger charge is -2.28. The van der Waals surface area contributed by atoms with Crippen LogP contribution in [-0.2, 0) is 16.6 Å². The topological polar surface area (TPSA) is 37.3 Å². The molecule has 1 rings (SSSR count). The molecule has 0 saturated heterocycles. The van der Waals surface area contributed by atoms with Crippen molar-refractivity contribution >= 4 is 5.97 Å². The lowest BCUT2D eigenvalue weighted by Crippen LogP contribution is -2.24. The van der Waals surface area contributed by atoms with Crippen molar-refractivity contribution in [3.05, 3.63) is 34.9 Å². The van der Waals surface area contributed by atoms with Gasteiger partial charge in [-0.3, -0.25) is 4.79 Å². The smallest absolute Gasteiger partial charge is 0.304 e. The first-order chi connectivity index (χ1) is 8.27. The highest BCUT2D eigenvalue weighted by Crippen LogP contribution is 2.34. The summed E-state index contributed by atoms with van der Waals surface area (Å²) in [6.45, 7) is 10.5. The molecule has 0 heterocycles. The van der Waals surface area contributed by atoms with E-state index in [1.165, 1.54) is 16.7 Å². The van der Waals surface area contributed by atoms with Crippen LogP contribution < -0.4 is 0 Å². The Bertz CT molecular complexity index is 431. The summed E-state index contributed by atoms with van der Waals surface area (Å²) in [6, 6.07) is 6.48. The average molecular weight is 248 g/mol. The molecule has 2 nitrogen and oxygen atoms in total. The van der Waals surface area contributed by atoms with Gasteiger partial charge in [0.15, 0.2) is 0 Å². The number of hydrogen-bond acceptors (Lipinski definition) is 1. The van der Waals surface area contributed by atoms with Crippen LogP contribution >= 0.6 is 0 Å². The van der Waals surface area contributed by atoms with Crippen LogP contribution in [0.15, 0.2) is 18.2 Å². The fraction of sp³-hybridized carbons (Fsp3) is 0.562. The fourth-order valence-corrected chi connectivity index (χ4v) is 2.39. The number of carbonyl (C=O) groups is 1. The zero-order chi connectivity index (χ0) is 13.9. The predicted octanol–water partition coefficient (Wildman–Crippen LogP) is 4.12. The van der Waals surface area contributed by atoms with E-state index in [9.17, 15) is 4.79 Å². The van der Waals surface area contributed by atoms with Gasteiger partial charge in [0.2, 0.25) is 0 Å². The molecule has 1 N–H and O–H groups in total. The maximum absolute atomic E-state index is 11.0. The highest BCUT2D eigenvalue weighted by molar-refractivity contribution is 5.69. The zero-order valence-electron chi connectivity index (χ0n) is 12.1. The Morgan fingerprint density at radius 2 is 1.94 bits per heavy atom. The third-order valence-corrected chi connectivity index (χ3v) is 3.47. The third-order valence-electron chi connectivity index (χ3n) is 3.47. The maximum Gasteiger partial charge on any atom is 0.304 e. The number of carboxylic acid groups (broad SMARTS) is 1. The Hall–Kier alpha value is -1.31. The van der Waals surface area contributed by atoms with Crippen molar-refractivity contribution < 1.29 is 9.90 Å². The first kappa shape index (κ1) is 14.7. The van der Waals surface area contributed by atoms with Crippen molar-refractivity contribution in [1.82, 2.24) is 0 Å². The molecule has 0 spiro atoms. The average Bonchev–Trinajstić information content (AvgIpc) is 2.26. The van der Waals surface area contributed by atoms with E-state index in [-0.39, 0.29) is 11.8 Å². The normalized spacial score (nSPS) is 11.9. The van der Waals surface area contributed by atoms with Gasteiger partial charge in [0.05, 0.1) is 6.42 Å². The number of rotatable bonds is 5. The first-order valence-electron chi connectivity index (χ1n) is 6.63. The molecule has 0 aliphatic heterocycles. The summed E-state index contributed by atoms with van der Waals surface area (Å²) in [5.74, 6) is -0.324. The van der Waals surface area contributed by atoms with Gasteiger partial charge >= 0.3 is 5.97 Å². The fourth-order valence-electron chi connectivity index (χ4n) is 2.39. The van der Waals surface area contributed by atoms with Crippen LogP contribution in [0.1, 0.15) is 63.6 Å². The second-order valence-corrected chi connectivity index (χ2v) is 5.88. The molecule has 0 radical (unpaired) electrons. The van der Waals surface area contributed by atoms with E-state index < -0.39 is 5.97 Å². The van der Waals surface area contributed by atoms with Crippen molar-refractivity contribution in [2.45, 2.75) is 58.8 Å². The molecule has 0 bridgehead atoms. The van der Waals surface area contributed by atoms with E-state index in [0.717, 1.165) is 6.42 Å². The monoisotopic (exact) mass is 248 g/mol. The molecule has 0 aliphatic carbocycles. The summed E-state index contributed by atoms with van der Waals surface area (Å²) in [5, 5.41) is 9.07. The molecule has 0 saturated carbocycles. The lowest BCUT2D eigenvalue weighted by molar-refractivity contribution is -0.138. The van der Waals surface area contributed by atoms with Crippen LogP contribution in [0.2, 0.25) is 0 Å². The summed E-state index contributed by atoms with van der Waals surface area (Å²) >= 11 is 0. The second kappa shape index (κ2) is 5.55. The number of hydrogen-bond donors (Lipinski definition) is 1. The van der Waals surface area contributed by atoms with Gasteiger partial charge in [0.1, 0.15) is 0 Å². The van der Waals surface area contributed by atoms with Crippen molar-refractivity contribution in [2.24, 2.45) is 0 Å². The van der Waals surface area contributed by atoms with Crippen molar-refractivity contribution in [3.8, 4) is 0 Å². The van der Waals surface area contributed by atoms with Crippen molar-refractivity contribution in [1.29, 1.82) is 0 Å². The van der Waals surface area contributed by atoms with E-state index in [2.05, 4.69) is 39.0 Å². The minimum absolute atomic E-state index is 0.167. The molecular weight excluding hydrogens is 224 g/mol. The molecule has 1 aromatic rings. The standard InChI is InChI=1S/C16H24O2/c1-6-12-7-8-13(11(2)3)14(9-12)16(4,5)10-15(17)18/h7-9,11H,6,10H2,1-5H3,(H,17,18). The van der Waals surface area contributed by atoms with E-state index in [0.29, 0.717) is 5.92 Å². The molecule has 2 heteroatoms. The molecule has 0 fully saturated rings. The maximum atomic E-state index is 11.0. The number of aryl methyl sites for hydroxylation is 1. The molecule has 0 amide bonds. The van der Waals surface area contributed by atoms with Gasteiger partial charge in [-0.2, -0.15) is 0 Å². The van der Waals surface area contributed by atoms with Gasteiger partial charge in [0, 0.05) is 5.41 Å². The SMILES string of the molecule is CCc1ccc(C(C)C)c(C(C)(C)CC(=O)O)c1. The molecular formula is C16H24O2. The summed E-state index contributed by atoms with van der Waals surface area (Å²) < 4.78 is 0. The van der Waals surface area contributed by atoms with E-state index >= 15 is 0 Å². The Morgan fingerprint density at radius 3 is 2.39 bits per heavy atom. The summed E-state index contributed by atoms with van der Waals surface area (Å²) in [5.41, 5.74) is 3.39. The Labute approximate surface area is 110 Å². The molecule has 1 aromatic carbocycles. The predicted molar refractivity (Wildman–Crippen MR) is 75.2 cm³/mol. The first-order valence-corrected chi connectivity index (χ1v) is 6.63. The zero-order valence-corrected chi connectivity index (χ0v) is 12.1. The Kier molecular flexibility index (Phi) is 4.55. The molecule has 0 aliphatic rings. The minimum atomic E-state index is -0.739. The van der Waals surface area contributed by atoms with Crippen LogP contribution in [0.3, 0.4) is 0 Å². The molecule has 0 aromatic heterocycles. The van der Waals surface area contributed by atoms with Crippen LogP contribution in [0, 0.1) is 0 Å². The largest absolute Gasteiger partial charge is 0.481 e. The number of benzene rings is 1. The van der Waals surface area contributed by atoms with Crippen LogP contribution in [-0.4, -0.2) is 11.1 Å². The Morgan fingerprint density at radius 1 is 1.33 bits per heavy atom. The lowest BCUT2D eigenvalue weighted by atomic mass is 9.76. The molecule has 0 unspecified atom stereocenters. The van der Waals surface area contributed by atoms with Gasteiger partial charge in [-0.15, -0.1) is 0 Å². The van der Waals surface area contributed by atoms with E-state index in [4.69, 9.17) is 5.11 Å². The van der Waals surface area contributed by atoms with Crippen molar-refractivity contribution in [3.63, 3.8) is 0 Å². The summed E-state index contributed by atoms with van der Waals surface area (Å²) in [4.78, 5) is 11.0. The quantitative estimate of drug-likeness (QED) is 0.851. The molecule has 18 heavy (non-hydrogen) atoms. The van der Waals surface area contributed by atoms with E-state index in [1.807, 2.05) is 13.8 Å². The van der Waals surface area contributed by atoms with Gasteiger partial charge in [0.25, 0.3) is 0 Å². The highest BCUT2D eigenvalue weighted by Gasteiger charge is 2.27. The van der Waals surface area contributed by atoms with Gasteiger partial charge in [-0.25, -0.2) is 0 Å². The van der Waals surface area contributed by atoms with Gasteiger partial charge in [-0.05, 0) is 29.0 Å². The van der Waals surface area contributed by atoms with Gasteiger partial charge < -0.3 is 5.11 Å². The van der Waals surface area contributed by atoms with Gasteiger partial charge in [-0.1, -0.05) is 52.8 Å². The summed E-state index contributed by atoms with van der Waals surface area (Å²) in [7, 11) is 0. The highest BCUT2D eigenvalue weighted by atomic mass is 16.4. The summed E-state index contributed by atoms with van der Waals surface area (Å²) in [6.07, 6.45) is 1.15. The Balaban J connectivity index is 3.30. The molecule has 0 atom stereocenters. The van der Waals surface area contributed by atoms with Crippen LogP contribution in [0.25, 0.3) is 0 Å². The minimum Gasteiger partial charge on any atom is -0.481 e.